The van der Waals surface area contributed by atoms with Crippen molar-refractivity contribution in [2.45, 2.75) is 11.8 Å². The first-order valence-corrected chi connectivity index (χ1v) is 5.61. The number of hydrogen-bond donors (Lipinski definition) is 2. The largest absolute Gasteiger partial charge is 0.513 e. The Labute approximate surface area is 97.4 Å². The molecule has 17 heavy (non-hydrogen) atoms. The van der Waals surface area contributed by atoms with Crippen LogP contribution in [0.4, 0.5) is 4.79 Å². The second kappa shape index (κ2) is 6.61. The van der Waals surface area contributed by atoms with Crippen molar-refractivity contribution < 1.29 is 32.4 Å². The fourth-order valence-electron chi connectivity index (χ4n) is 0.715. The van der Waals surface area contributed by atoms with E-state index in [1.54, 1.807) is 18.2 Å². The SMILES string of the molecule is CC(=O)OC(=O)O.O=S(=O)(O)c1ccccc1. The maximum Gasteiger partial charge on any atom is 0.513 e. The Morgan fingerprint density at radius 1 is 1.18 bits per heavy atom. The minimum absolute atomic E-state index is 0.0741. The molecule has 0 bridgehead atoms. The van der Waals surface area contributed by atoms with E-state index in [1.807, 2.05) is 0 Å². The molecule has 0 fully saturated rings. The average Bonchev–Trinajstić information content (AvgIpc) is 2.16. The van der Waals surface area contributed by atoms with Gasteiger partial charge in [-0.2, -0.15) is 8.42 Å². The highest BCUT2D eigenvalue weighted by Gasteiger charge is 2.05. The molecule has 94 valence electrons. The molecule has 0 radical (unpaired) electrons. The molecule has 1 aromatic rings. The van der Waals surface area contributed by atoms with Gasteiger partial charge in [-0.1, -0.05) is 18.2 Å². The summed E-state index contributed by atoms with van der Waals surface area (Å²) in [5, 5.41) is 7.64. The normalized spacial score (nSPS) is 9.76. The number of carbonyl (C=O) groups is 2. The molecule has 0 aliphatic carbocycles. The van der Waals surface area contributed by atoms with Crippen molar-refractivity contribution in [1.82, 2.24) is 0 Å². The lowest BCUT2D eigenvalue weighted by molar-refractivity contribution is -0.136. The number of benzene rings is 1. The van der Waals surface area contributed by atoms with Crippen molar-refractivity contribution in [2.75, 3.05) is 0 Å². The van der Waals surface area contributed by atoms with Crippen LogP contribution in [0.25, 0.3) is 0 Å². The van der Waals surface area contributed by atoms with Crippen LogP contribution in [0.15, 0.2) is 35.2 Å². The lowest BCUT2D eigenvalue weighted by Gasteiger charge is -1.92. The first-order chi connectivity index (χ1) is 7.73. The van der Waals surface area contributed by atoms with Gasteiger partial charge in [0.25, 0.3) is 10.1 Å². The standard InChI is InChI=1S/C6H6O3S.C3H4O4/c7-10(8,9)6-4-2-1-3-5-6;1-2(4)7-3(5)6/h1-5H,(H,7,8,9);1H3,(H,5,6). The molecule has 7 nitrogen and oxygen atoms in total. The van der Waals surface area contributed by atoms with Crippen molar-refractivity contribution in [3.05, 3.63) is 30.3 Å². The lowest BCUT2D eigenvalue weighted by Crippen LogP contribution is -2.04. The van der Waals surface area contributed by atoms with Gasteiger partial charge in [-0.3, -0.25) is 9.35 Å². The van der Waals surface area contributed by atoms with Gasteiger partial charge in [0.2, 0.25) is 0 Å². The molecular weight excluding hydrogens is 252 g/mol. The van der Waals surface area contributed by atoms with Crippen LogP contribution in [0.1, 0.15) is 6.92 Å². The maximum absolute atomic E-state index is 10.4. The van der Waals surface area contributed by atoms with Gasteiger partial charge in [-0.15, -0.1) is 0 Å². The molecule has 0 spiro atoms. The van der Waals surface area contributed by atoms with Crippen LogP contribution < -0.4 is 0 Å². The summed E-state index contributed by atoms with van der Waals surface area (Å²) >= 11 is 0. The molecule has 0 aliphatic rings. The van der Waals surface area contributed by atoms with E-state index < -0.39 is 22.2 Å². The van der Waals surface area contributed by atoms with E-state index in [0.29, 0.717) is 0 Å². The highest BCUT2D eigenvalue weighted by atomic mass is 32.2. The summed E-state index contributed by atoms with van der Waals surface area (Å²) in [5.74, 6) is -0.812. The summed E-state index contributed by atoms with van der Waals surface area (Å²) in [7, 11) is -4.00. The topological polar surface area (TPSA) is 118 Å². The van der Waals surface area contributed by atoms with Gasteiger partial charge in [0.1, 0.15) is 0 Å². The molecule has 0 atom stereocenters. The van der Waals surface area contributed by atoms with Gasteiger partial charge in [-0.05, 0) is 12.1 Å². The van der Waals surface area contributed by atoms with Gasteiger partial charge >= 0.3 is 12.1 Å². The quantitative estimate of drug-likeness (QED) is 0.443. The molecule has 8 heteroatoms. The monoisotopic (exact) mass is 262 g/mol. The van der Waals surface area contributed by atoms with Gasteiger partial charge in [0, 0.05) is 6.92 Å². The van der Waals surface area contributed by atoms with Crippen LogP contribution in [0.3, 0.4) is 0 Å². The van der Waals surface area contributed by atoms with Crippen LogP contribution in [0.2, 0.25) is 0 Å². The fraction of sp³-hybridized carbons (Fsp3) is 0.111. The summed E-state index contributed by atoms with van der Waals surface area (Å²) in [4.78, 5) is 18.9. The second-order valence-electron chi connectivity index (χ2n) is 2.65. The number of esters is 1. The maximum atomic E-state index is 10.4. The van der Waals surface area contributed by atoms with Crippen molar-refractivity contribution in [3.8, 4) is 0 Å². The number of carboxylic acid groups (broad SMARTS) is 1. The Kier molecular flexibility index (Phi) is 5.86. The predicted octanol–water partition coefficient (Wildman–Crippen LogP) is 1.16. The van der Waals surface area contributed by atoms with Gasteiger partial charge in [0.15, 0.2) is 0 Å². The van der Waals surface area contributed by atoms with Crippen molar-refractivity contribution in [2.24, 2.45) is 0 Å². The number of carbonyl (C=O) groups excluding carboxylic acids is 1. The van der Waals surface area contributed by atoms with E-state index in [1.165, 1.54) is 12.1 Å². The van der Waals surface area contributed by atoms with E-state index in [-0.39, 0.29) is 4.90 Å². The summed E-state index contributed by atoms with van der Waals surface area (Å²) in [5.41, 5.74) is 0. The van der Waals surface area contributed by atoms with Crippen LogP contribution in [0.5, 0.6) is 0 Å². The van der Waals surface area contributed by atoms with Crippen LogP contribution in [-0.2, 0) is 19.6 Å². The molecule has 0 aromatic heterocycles. The third kappa shape index (κ3) is 7.94. The Bertz CT molecular complexity index is 465. The first-order valence-electron chi connectivity index (χ1n) is 4.17. The molecule has 0 heterocycles. The zero-order valence-electron chi connectivity index (χ0n) is 8.73. The number of hydrogen-bond acceptors (Lipinski definition) is 5. The summed E-state index contributed by atoms with van der Waals surface area (Å²) in [6, 6.07) is 7.42. The van der Waals surface area contributed by atoms with Crippen molar-refractivity contribution >= 4 is 22.2 Å². The highest BCUT2D eigenvalue weighted by Crippen LogP contribution is 2.05. The third-order valence-electron chi connectivity index (χ3n) is 1.27. The fourth-order valence-corrected chi connectivity index (χ4v) is 1.22. The van der Waals surface area contributed by atoms with Gasteiger partial charge < -0.3 is 9.84 Å². The Balaban J connectivity index is 0.000000325. The van der Waals surface area contributed by atoms with Crippen LogP contribution in [0, 0.1) is 0 Å². The molecular formula is C9H10O7S. The molecule has 1 rings (SSSR count). The summed E-state index contributed by atoms with van der Waals surface area (Å²) < 4.78 is 32.8. The van der Waals surface area contributed by atoms with E-state index in [4.69, 9.17) is 9.66 Å². The molecule has 0 saturated heterocycles. The van der Waals surface area contributed by atoms with Gasteiger partial charge in [-0.25, -0.2) is 4.79 Å². The van der Waals surface area contributed by atoms with Crippen molar-refractivity contribution in [1.29, 1.82) is 0 Å². The van der Waals surface area contributed by atoms with Gasteiger partial charge in [0.05, 0.1) is 4.90 Å². The number of rotatable bonds is 1. The minimum atomic E-state index is -4.00. The molecule has 0 amide bonds. The molecule has 0 saturated carbocycles. The average molecular weight is 262 g/mol. The lowest BCUT2D eigenvalue weighted by atomic mass is 10.4. The molecule has 2 N–H and O–H groups in total. The van der Waals surface area contributed by atoms with Crippen LogP contribution in [-0.4, -0.2) is 30.2 Å². The molecule has 0 aliphatic heterocycles. The Morgan fingerprint density at radius 2 is 1.65 bits per heavy atom. The van der Waals surface area contributed by atoms with Crippen molar-refractivity contribution in [3.63, 3.8) is 0 Å². The predicted molar refractivity (Wildman–Crippen MR) is 56.0 cm³/mol. The Hall–Kier alpha value is -1.93. The third-order valence-corrected chi connectivity index (χ3v) is 2.14. The summed E-state index contributed by atoms with van der Waals surface area (Å²) in [6.07, 6.45) is -1.56. The molecule has 0 unspecified atom stereocenters. The smallest absolute Gasteiger partial charge is 0.449 e. The zero-order chi connectivity index (χ0) is 13.5. The van der Waals surface area contributed by atoms with E-state index in [2.05, 4.69) is 4.74 Å². The van der Waals surface area contributed by atoms with Crippen LogP contribution >= 0.6 is 0 Å². The van der Waals surface area contributed by atoms with E-state index in [9.17, 15) is 18.0 Å². The minimum Gasteiger partial charge on any atom is -0.449 e. The Morgan fingerprint density at radius 3 is 1.82 bits per heavy atom. The second-order valence-corrected chi connectivity index (χ2v) is 4.07. The number of ether oxygens (including phenoxy) is 1. The highest BCUT2D eigenvalue weighted by molar-refractivity contribution is 7.85. The summed E-state index contributed by atoms with van der Waals surface area (Å²) in [6.45, 7) is 1.02. The zero-order valence-corrected chi connectivity index (χ0v) is 9.55. The molecule has 1 aromatic carbocycles. The van der Waals surface area contributed by atoms with E-state index in [0.717, 1.165) is 6.92 Å². The first kappa shape index (κ1) is 15.1. The van der Waals surface area contributed by atoms with E-state index >= 15 is 0 Å².